The highest BCUT2D eigenvalue weighted by Crippen LogP contribution is 2.28. The van der Waals surface area contributed by atoms with E-state index in [0.29, 0.717) is 0 Å². The highest BCUT2D eigenvalue weighted by atomic mass is 16.1. The quantitative estimate of drug-likeness (QED) is 0.681. The Morgan fingerprint density at radius 1 is 0.964 bits per heavy atom. The standard InChI is InChI=1S/C21H30N6O/c1-3-5-9-26-18-13-16-17(14-19(18)27(21(26)28)10-6-4-2)23-15-24-20(16)25-11-7-22-8-12-25/h13-15,22H,3-12H2,1-2H3. The summed E-state index contributed by atoms with van der Waals surface area (Å²) in [5, 5.41) is 4.43. The average molecular weight is 383 g/mol. The molecule has 1 aliphatic rings. The largest absolute Gasteiger partial charge is 0.353 e. The van der Waals surface area contributed by atoms with Crippen LogP contribution in [-0.4, -0.2) is 45.3 Å². The van der Waals surface area contributed by atoms with Gasteiger partial charge in [0.2, 0.25) is 0 Å². The Morgan fingerprint density at radius 3 is 2.25 bits per heavy atom. The molecule has 28 heavy (non-hydrogen) atoms. The lowest BCUT2D eigenvalue weighted by atomic mass is 10.1. The maximum absolute atomic E-state index is 13.1. The molecule has 0 unspecified atom stereocenters. The van der Waals surface area contributed by atoms with E-state index in [0.717, 1.165) is 92.7 Å². The highest BCUT2D eigenvalue weighted by molar-refractivity contribution is 5.99. The van der Waals surface area contributed by atoms with Gasteiger partial charge in [-0.2, -0.15) is 0 Å². The highest BCUT2D eigenvalue weighted by Gasteiger charge is 2.19. The number of hydrogen-bond acceptors (Lipinski definition) is 5. The molecule has 1 aliphatic heterocycles. The predicted molar refractivity (Wildman–Crippen MR) is 114 cm³/mol. The molecule has 0 bridgehead atoms. The zero-order valence-corrected chi connectivity index (χ0v) is 16.9. The van der Waals surface area contributed by atoms with E-state index in [1.807, 2.05) is 9.13 Å². The van der Waals surface area contributed by atoms with Crippen LogP contribution in [0.2, 0.25) is 0 Å². The molecule has 4 rings (SSSR count). The Morgan fingerprint density at radius 2 is 1.61 bits per heavy atom. The van der Waals surface area contributed by atoms with Gasteiger partial charge in [-0.1, -0.05) is 26.7 Å². The van der Waals surface area contributed by atoms with Gasteiger partial charge in [0.25, 0.3) is 0 Å². The third-order valence-electron chi connectivity index (χ3n) is 5.64. The number of aryl methyl sites for hydroxylation is 2. The van der Waals surface area contributed by atoms with E-state index in [9.17, 15) is 4.79 Å². The number of fused-ring (bicyclic) bond motifs is 2. The smallest absolute Gasteiger partial charge is 0.329 e. The minimum atomic E-state index is 0.101. The lowest BCUT2D eigenvalue weighted by Gasteiger charge is -2.29. The number of rotatable bonds is 7. The van der Waals surface area contributed by atoms with Crippen molar-refractivity contribution in [3.63, 3.8) is 0 Å². The van der Waals surface area contributed by atoms with E-state index in [1.165, 1.54) is 0 Å². The number of imidazole rings is 1. The first kappa shape index (κ1) is 18.9. The Labute approximate surface area is 165 Å². The van der Waals surface area contributed by atoms with Gasteiger partial charge in [-0.25, -0.2) is 14.8 Å². The van der Waals surface area contributed by atoms with Gasteiger partial charge in [0.1, 0.15) is 12.1 Å². The number of unbranched alkanes of at least 4 members (excludes halogenated alkanes) is 2. The fourth-order valence-electron chi connectivity index (χ4n) is 4.04. The minimum absolute atomic E-state index is 0.101. The van der Waals surface area contributed by atoms with Crippen molar-refractivity contribution in [1.82, 2.24) is 24.4 Å². The Balaban J connectivity index is 1.91. The summed E-state index contributed by atoms with van der Waals surface area (Å²) in [4.78, 5) is 24.6. The van der Waals surface area contributed by atoms with Crippen molar-refractivity contribution in [2.24, 2.45) is 0 Å². The molecule has 1 saturated heterocycles. The van der Waals surface area contributed by atoms with Crippen LogP contribution in [0.15, 0.2) is 23.3 Å². The fraction of sp³-hybridized carbons (Fsp3) is 0.571. The lowest BCUT2D eigenvalue weighted by Crippen LogP contribution is -2.44. The van der Waals surface area contributed by atoms with Gasteiger partial charge in [0.05, 0.1) is 16.6 Å². The zero-order chi connectivity index (χ0) is 19.5. The second-order valence-electron chi connectivity index (χ2n) is 7.59. The molecule has 3 heterocycles. The molecule has 7 heteroatoms. The molecular weight excluding hydrogens is 352 g/mol. The summed E-state index contributed by atoms with van der Waals surface area (Å²) < 4.78 is 3.88. The summed E-state index contributed by atoms with van der Waals surface area (Å²) in [6, 6.07) is 4.22. The van der Waals surface area contributed by atoms with E-state index in [4.69, 9.17) is 0 Å². The van der Waals surface area contributed by atoms with Crippen LogP contribution in [0.4, 0.5) is 5.82 Å². The summed E-state index contributed by atoms with van der Waals surface area (Å²) in [5.41, 5.74) is 3.01. The molecule has 0 spiro atoms. The maximum atomic E-state index is 13.1. The summed E-state index contributed by atoms with van der Waals surface area (Å²) in [7, 11) is 0. The number of nitrogens with zero attached hydrogens (tertiary/aromatic N) is 5. The topological polar surface area (TPSA) is 68.0 Å². The van der Waals surface area contributed by atoms with Crippen LogP contribution < -0.4 is 15.9 Å². The van der Waals surface area contributed by atoms with Gasteiger partial charge in [-0.05, 0) is 25.0 Å². The van der Waals surface area contributed by atoms with Crippen LogP contribution in [0.25, 0.3) is 21.9 Å². The number of hydrogen-bond donors (Lipinski definition) is 1. The Bertz CT molecular complexity index is 1020. The summed E-state index contributed by atoms with van der Waals surface area (Å²) in [6.45, 7) is 9.62. The fourth-order valence-corrected chi connectivity index (χ4v) is 4.04. The predicted octanol–water partition coefficient (Wildman–Crippen LogP) is 2.76. The molecule has 1 N–H and O–H groups in total. The number of nitrogens with one attached hydrogen (secondary N) is 1. The van der Waals surface area contributed by atoms with Gasteiger partial charge >= 0.3 is 5.69 Å². The van der Waals surface area contributed by atoms with E-state index in [-0.39, 0.29) is 5.69 Å². The maximum Gasteiger partial charge on any atom is 0.329 e. The number of piperazine rings is 1. The Hall–Kier alpha value is -2.41. The van der Waals surface area contributed by atoms with Crippen molar-refractivity contribution in [2.75, 3.05) is 31.1 Å². The van der Waals surface area contributed by atoms with Gasteiger partial charge in [-0.15, -0.1) is 0 Å². The van der Waals surface area contributed by atoms with Gasteiger partial charge in [-0.3, -0.25) is 9.13 Å². The van der Waals surface area contributed by atoms with Gasteiger partial charge in [0.15, 0.2) is 0 Å². The molecule has 0 radical (unpaired) electrons. The number of anilines is 1. The van der Waals surface area contributed by atoms with Crippen molar-refractivity contribution >= 4 is 27.8 Å². The number of aromatic nitrogens is 4. The minimum Gasteiger partial charge on any atom is -0.353 e. The van der Waals surface area contributed by atoms with Crippen LogP contribution in [0.5, 0.6) is 0 Å². The van der Waals surface area contributed by atoms with Crippen LogP contribution in [0, 0.1) is 0 Å². The first-order chi connectivity index (χ1) is 13.7. The van der Waals surface area contributed by atoms with Crippen molar-refractivity contribution in [3.8, 4) is 0 Å². The van der Waals surface area contributed by atoms with Crippen molar-refractivity contribution in [1.29, 1.82) is 0 Å². The van der Waals surface area contributed by atoms with E-state index >= 15 is 0 Å². The average Bonchev–Trinajstić information content (AvgIpc) is 2.99. The molecule has 3 aromatic rings. The van der Waals surface area contributed by atoms with E-state index in [2.05, 4.69) is 46.2 Å². The monoisotopic (exact) mass is 382 g/mol. The van der Waals surface area contributed by atoms with E-state index < -0.39 is 0 Å². The van der Waals surface area contributed by atoms with Crippen molar-refractivity contribution in [2.45, 2.75) is 52.6 Å². The van der Waals surface area contributed by atoms with Crippen LogP contribution in [-0.2, 0) is 13.1 Å². The van der Waals surface area contributed by atoms with Crippen LogP contribution >= 0.6 is 0 Å². The Kier molecular flexibility index (Phi) is 5.62. The first-order valence-electron chi connectivity index (χ1n) is 10.6. The molecule has 150 valence electrons. The van der Waals surface area contributed by atoms with Crippen LogP contribution in [0.3, 0.4) is 0 Å². The lowest BCUT2D eigenvalue weighted by molar-refractivity contribution is 0.574. The van der Waals surface area contributed by atoms with E-state index in [1.54, 1.807) is 6.33 Å². The molecule has 2 aromatic heterocycles. The first-order valence-corrected chi connectivity index (χ1v) is 10.6. The van der Waals surface area contributed by atoms with Gasteiger partial charge in [0, 0.05) is 44.7 Å². The molecule has 1 fully saturated rings. The molecule has 0 atom stereocenters. The summed E-state index contributed by atoms with van der Waals surface area (Å²) >= 11 is 0. The molecule has 1 aromatic carbocycles. The summed E-state index contributed by atoms with van der Waals surface area (Å²) in [5.74, 6) is 0.976. The second kappa shape index (κ2) is 8.31. The second-order valence-corrected chi connectivity index (χ2v) is 7.59. The molecule has 0 aliphatic carbocycles. The molecule has 0 saturated carbocycles. The molecule has 0 amide bonds. The van der Waals surface area contributed by atoms with Crippen LogP contribution in [0.1, 0.15) is 39.5 Å². The zero-order valence-electron chi connectivity index (χ0n) is 16.9. The molecule has 7 nitrogen and oxygen atoms in total. The number of benzene rings is 1. The summed E-state index contributed by atoms with van der Waals surface area (Å²) in [6.07, 6.45) is 5.78. The van der Waals surface area contributed by atoms with Gasteiger partial charge < -0.3 is 10.2 Å². The third-order valence-corrected chi connectivity index (χ3v) is 5.64. The molecular formula is C21H30N6O. The SMILES string of the molecule is CCCCn1c(=O)n(CCCC)c2cc3c(N4CCNCC4)ncnc3cc21. The van der Waals surface area contributed by atoms with Crippen molar-refractivity contribution in [3.05, 3.63) is 28.9 Å². The normalized spacial score (nSPS) is 15.0. The third kappa shape index (κ3) is 3.39. The van der Waals surface area contributed by atoms with Crippen molar-refractivity contribution < 1.29 is 0 Å².